The zero-order valence-electron chi connectivity index (χ0n) is 12.2. The molecule has 1 aromatic carbocycles. The van der Waals surface area contributed by atoms with Crippen molar-refractivity contribution >= 4 is 27.8 Å². The van der Waals surface area contributed by atoms with Crippen molar-refractivity contribution in [3.8, 4) is 0 Å². The molecule has 6 nitrogen and oxygen atoms in total. The molecule has 0 fully saturated rings. The Balaban J connectivity index is 2.13. The molecule has 0 amide bonds. The molecule has 114 valence electrons. The summed E-state index contributed by atoms with van der Waals surface area (Å²) < 4.78 is 7.88. The number of aromatic nitrogens is 3. The van der Waals surface area contributed by atoms with Crippen molar-refractivity contribution in [3.63, 3.8) is 0 Å². The number of nitrogens with one attached hydrogen (secondary N) is 1. The van der Waals surface area contributed by atoms with Crippen LogP contribution in [0.2, 0.25) is 0 Å². The smallest absolute Gasteiger partial charge is 0.338 e. The van der Waals surface area contributed by atoms with E-state index < -0.39 is 0 Å². The Hall–Kier alpha value is -2.15. The van der Waals surface area contributed by atoms with Crippen molar-refractivity contribution in [2.45, 2.75) is 19.9 Å². The lowest BCUT2D eigenvalue weighted by Crippen LogP contribution is -2.29. The maximum atomic E-state index is 12.4. The first-order valence-electron chi connectivity index (χ1n) is 6.91. The second-order valence-electron chi connectivity index (χ2n) is 4.87. The van der Waals surface area contributed by atoms with Crippen molar-refractivity contribution in [3.05, 3.63) is 51.9 Å². The van der Waals surface area contributed by atoms with Gasteiger partial charge in [-0.15, -0.1) is 0 Å². The van der Waals surface area contributed by atoms with Crippen molar-refractivity contribution in [1.82, 2.24) is 14.8 Å². The van der Waals surface area contributed by atoms with E-state index in [0.717, 1.165) is 15.7 Å². The molecule has 2 aromatic rings. The highest BCUT2D eigenvalue weighted by Gasteiger charge is 2.34. The van der Waals surface area contributed by atoms with Gasteiger partial charge in [0.15, 0.2) is 0 Å². The van der Waals surface area contributed by atoms with E-state index in [1.54, 1.807) is 11.6 Å². The minimum atomic E-state index is -0.356. The molecular weight excluding hydrogens is 348 g/mol. The maximum Gasteiger partial charge on any atom is 0.338 e. The molecule has 1 N–H and O–H groups in total. The highest BCUT2D eigenvalue weighted by Crippen LogP contribution is 2.35. The summed E-state index contributed by atoms with van der Waals surface area (Å²) in [5.74, 6) is 0.264. The molecule has 1 aromatic heterocycles. The van der Waals surface area contributed by atoms with Crippen LogP contribution in [0.25, 0.3) is 0 Å². The fourth-order valence-corrected chi connectivity index (χ4v) is 2.78. The van der Waals surface area contributed by atoms with Gasteiger partial charge in [0.1, 0.15) is 12.4 Å². The first-order chi connectivity index (χ1) is 10.6. The molecule has 3 rings (SSSR count). The number of allylic oxidation sites excluding steroid dienone is 1. The van der Waals surface area contributed by atoms with E-state index in [1.165, 1.54) is 6.33 Å². The van der Waals surface area contributed by atoms with Gasteiger partial charge >= 0.3 is 5.97 Å². The summed E-state index contributed by atoms with van der Waals surface area (Å²) in [5.41, 5.74) is 2.22. The highest BCUT2D eigenvalue weighted by atomic mass is 79.9. The number of fused-ring (bicyclic) bond motifs is 1. The Morgan fingerprint density at radius 3 is 2.82 bits per heavy atom. The molecule has 0 radical (unpaired) electrons. The molecule has 22 heavy (non-hydrogen) atoms. The van der Waals surface area contributed by atoms with Gasteiger partial charge in [-0.2, -0.15) is 10.1 Å². The van der Waals surface area contributed by atoms with E-state index >= 15 is 0 Å². The fourth-order valence-electron chi connectivity index (χ4n) is 2.52. The van der Waals surface area contributed by atoms with Crippen LogP contribution in [0, 0.1) is 0 Å². The number of hydrogen-bond acceptors (Lipinski definition) is 5. The van der Waals surface area contributed by atoms with Crippen LogP contribution in [-0.4, -0.2) is 27.3 Å². The third-order valence-electron chi connectivity index (χ3n) is 3.48. The summed E-state index contributed by atoms with van der Waals surface area (Å²) in [4.78, 5) is 16.6. The molecule has 0 bridgehead atoms. The van der Waals surface area contributed by atoms with E-state index in [-0.39, 0.29) is 12.0 Å². The molecule has 0 aliphatic carbocycles. The quantitative estimate of drug-likeness (QED) is 0.850. The zero-order valence-corrected chi connectivity index (χ0v) is 13.8. The number of nitrogens with zero attached hydrogens (tertiary/aromatic N) is 3. The highest BCUT2D eigenvalue weighted by molar-refractivity contribution is 9.10. The zero-order chi connectivity index (χ0) is 15.7. The summed E-state index contributed by atoms with van der Waals surface area (Å²) >= 11 is 3.42. The Bertz CT molecular complexity index is 736. The number of carbonyl (C=O) groups excluding carboxylic acids is 1. The van der Waals surface area contributed by atoms with E-state index in [2.05, 4.69) is 31.3 Å². The number of benzene rings is 1. The average Bonchev–Trinajstić information content (AvgIpc) is 2.94. The summed E-state index contributed by atoms with van der Waals surface area (Å²) in [6.07, 6.45) is 1.47. The first kappa shape index (κ1) is 14.8. The number of carbonyl (C=O) groups is 1. The third-order valence-corrected chi connectivity index (χ3v) is 4.00. The monoisotopic (exact) mass is 362 g/mol. The predicted molar refractivity (Wildman–Crippen MR) is 85.3 cm³/mol. The van der Waals surface area contributed by atoms with Crippen LogP contribution in [0.1, 0.15) is 25.5 Å². The number of hydrogen-bond donors (Lipinski definition) is 1. The van der Waals surface area contributed by atoms with Crippen molar-refractivity contribution in [1.29, 1.82) is 0 Å². The summed E-state index contributed by atoms with van der Waals surface area (Å²) in [6.45, 7) is 3.96. The standard InChI is InChI=1S/C15H15BrN4O2/c1-3-22-14(21)12-9(2)19-15-17-8-18-20(15)13(12)10-4-6-11(16)7-5-10/h4-8,13H,3H2,1-2H3,(H,17,18,19)/t13-/m0/s1. The van der Waals surface area contributed by atoms with E-state index in [0.29, 0.717) is 18.1 Å². The lowest BCUT2D eigenvalue weighted by molar-refractivity contribution is -0.139. The molecule has 0 saturated carbocycles. The van der Waals surface area contributed by atoms with Gasteiger partial charge in [0, 0.05) is 10.2 Å². The normalized spacial score (nSPS) is 17.0. The van der Waals surface area contributed by atoms with Crippen molar-refractivity contribution in [2.75, 3.05) is 11.9 Å². The molecule has 1 aliphatic heterocycles. The minimum Gasteiger partial charge on any atom is -0.463 e. The molecule has 7 heteroatoms. The second kappa shape index (κ2) is 5.92. The van der Waals surface area contributed by atoms with Crippen LogP contribution in [0.4, 0.5) is 5.95 Å². The molecule has 0 spiro atoms. The lowest BCUT2D eigenvalue weighted by atomic mass is 9.96. The van der Waals surface area contributed by atoms with Crippen LogP contribution < -0.4 is 5.32 Å². The number of anilines is 1. The molecule has 2 heterocycles. The van der Waals surface area contributed by atoms with Crippen molar-refractivity contribution in [2.24, 2.45) is 0 Å². The van der Waals surface area contributed by atoms with Crippen molar-refractivity contribution < 1.29 is 9.53 Å². The molecular formula is C15H15BrN4O2. The molecule has 0 saturated heterocycles. The Morgan fingerprint density at radius 2 is 2.14 bits per heavy atom. The van der Waals surface area contributed by atoms with Crippen LogP contribution in [0.5, 0.6) is 0 Å². The molecule has 0 unspecified atom stereocenters. The van der Waals surface area contributed by atoms with Crippen LogP contribution in [0.3, 0.4) is 0 Å². The largest absolute Gasteiger partial charge is 0.463 e. The Labute approximate surface area is 136 Å². The number of halogens is 1. The fraction of sp³-hybridized carbons (Fsp3) is 0.267. The Kier molecular flexibility index (Phi) is 3.98. The van der Waals surface area contributed by atoms with Crippen LogP contribution in [-0.2, 0) is 9.53 Å². The van der Waals surface area contributed by atoms with E-state index in [9.17, 15) is 4.79 Å². The van der Waals surface area contributed by atoms with Gasteiger partial charge in [-0.25, -0.2) is 9.48 Å². The van der Waals surface area contributed by atoms with Crippen LogP contribution in [0.15, 0.2) is 46.3 Å². The van der Waals surface area contributed by atoms with Gasteiger partial charge in [-0.1, -0.05) is 28.1 Å². The summed E-state index contributed by atoms with van der Waals surface area (Å²) in [6, 6.07) is 7.43. The second-order valence-corrected chi connectivity index (χ2v) is 5.78. The van der Waals surface area contributed by atoms with E-state index in [1.807, 2.05) is 31.2 Å². The first-order valence-corrected chi connectivity index (χ1v) is 7.71. The van der Waals surface area contributed by atoms with Gasteiger partial charge in [-0.05, 0) is 31.5 Å². The SMILES string of the molecule is CCOC(=O)C1=C(C)Nc2ncnn2[C@H]1c1ccc(Br)cc1. The summed E-state index contributed by atoms with van der Waals surface area (Å²) in [5, 5.41) is 7.35. The Morgan fingerprint density at radius 1 is 1.41 bits per heavy atom. The van der Waals surface area contributed by atoms with Gasteiger partial charge in [-0.3, -0.25) is 0 Å². The van der Waals surface area contributed by atoms with E-state index in [4.69, 9.17) is 4.74 Å². The minimum absolute atomic E-state index is 0.326. The van der Waals surface area contributed by atoms with Crippen LogP contribution >= 0.6 is 15.9 Å². The van der Waals surface area contributed by atoms with Gasteiger partial charge < -0.3 is 10.1 Å². The maximum absolute atomic E-state index is 12.4. The summed E-state index contributed by atoms with van der Waals surface area (Å²) in [7, 11) is 0. The number of rotatable bonds is 3. The number of esters is 1. The molecule has 1 aliphatic rings. The molecule has 1 atom stereocenters. The third kappa shape index (κ3) is 2.52. The lowest BCUT2D eigenvalue weighted by Gasteiger charge is -2.28. The van der Waals surface area contributed by atoms with Gasteiger partial charge in [0.25, 0.3) is 0 Å². The predicted octanol–water partition coefficient (Wildman–Crippen LogP) is 2.89. The van der Waals surface area contributed by atoms with Gasteiger partial charge in [0.05, 0.1) is 12.2 Å². The van der Waals surface area contributed by atoms with Gasteiger partial charge in [0.2, 0.25) is 5.95 Å². The topological polar surface area (TPSA) is 69.0 Å². The average molecular weight is 363 g/mol. The number of ether oxygens (including phenoxy) is 1.